The zero-order chi connectivity index (χ0) is 12.3. The van der Waals surface area contributed by atoms with Gasteiger partial charge in [0.2, 0.25) is 6.17 Å². The summed E-state index contributed by atoms with van der Waals surface area (Å²) in [6.07, 6.45) is -1.07. The Labute approximate surface area is 89.9 Å². The number of aliphatic hydroxyl groups is 1. The van der Waals surface area contributed by atoms with Gasteiger partial charge in [0.05, 0.1) is 6.61 Å². The lowest BCUT2D eigenvalue weighted by atomic mass is 9.73. The van der Waals surface area contributed by atoms with Crippen LogP contribution in [0, 0.1) is 5.41 Å². The smallest absolute Gasteiger partial charge is 0.344 e. The molecule has 0 amide bonds. The number of alkyl halides is 1. The van der Waals surface area contributed by atoms with Gasteiger partial charge in [0.25, 0.3) is 0 Å². The molecule has 0 rings (SSSR count). The molecule has 0 spiro atoms. The molecule has 0 heterocycles. The van der Waals surface area contributed by atoms with Crippen LogP contribution in [0.1, 0.15) is 27.7 Å². The molecule has 2 unspecified atom stereocenters. The van der Waals surface area contributed by atoms with Gasteiger partial charge in [0.1, 0.15) is 5.60 Å². The lowest BCUT2D eigenvalue weighted by molar-refractivity contribution is -0.164. The summed E-state index contributed by atoms with van der Waals surface area (Å²) in [5, 5.41) is 10.0. The van der Waals surface area contributed by atoms with Gasteiger partial charge in [-0.3, -0.25) is 0 Å². The summed E-state index contributed by atoms with van der Waals surface area (Å²) in [5.41, 5.74) is -2.75. The number of halogens is 1. The van der Waals surface area contributed by atoms with Gasteiger partial charge in [-0.25, -0.2) is 9.18 Å². The van der Waals surface area contributed by atoms with E-state index in [-0.39, 0.29) is 6.61 Å². The highest BCUT2D eigenvalue weighted by Crippen LogP contribution is 2.36. The molecule has 88 valence electrons. The van der Waals surface area contributed by atoms with Crippen molar-refractivity contribution in [1.29, 1.82) is 0 Å². The van der Waals surface area contributed by atoms with Gasteiger partial charge in [-0.1, -0.05) is 26.8 Å². The van der Waals surface area contributed by atoms with Crippen molar-refractivity contribution in [2.75, 3.05) is 6.61 Å². The van der Waals surface area contributed by atoms with E-state index in [9.17, 15) is 14.3 Å². The van der Waals surface area contributed by atoms with E-state index in [0.29, 0.717) is 0 Å². The van der Waals surface area contributed by atoms with Crippen molar-refractivity contribution in [2.24, 2.45) is 5.41 Å². The molecule has 0 aliphatic rings. The van der Waals surface area contributed by atoms with Crippen LogP contribution in [0.5, 0.6) is 0 Å². The molecule has 0 fully saturated rings. The molecule has 0 aliphatic heterocycles. The molecule has 0 aromatic carbocycles. The molecule has 0 saturated heterocycles. The number of rotatable bonds is 4. The van der Waals surface area contributed by atoms with E-state index in [1.807, 2.05) is 0 Å². The Morgan fingerprint density at radius 1 is 1.60 bits per heavy atom. The van der Waals surface area contributed by atoms with Crippen LogP contribution in [0.15, 0.2) is 12.7 Å². The van der Waals surface area contributed by atoms with Crippen molar-refractivity contribution in [3.05, 3.63) is 12.7 Å². The first-order valence-electron chi connectivity index (χ1n) is 4.87. The highest BCUT2D eigenvalue weighted by molar-refractivity contribution is 5.76. The Balaban J connectivity index is 4.97. The summed E-state index contributed by atoms with van der Waals surface area (Å²) < 4.78 is 18.3. The van der Waals surface area contributed by atoms with Gasteiger partial charge in [-0.2, -0.15) is 0 Å². The van der Waals surface area contributed by atoms with E-state index < -0.39 is 23.2 Å². The van der Waals surface area contributed by atoms with Gasteiger partial charge < -0.3 is 9.84 Å². The highest BCUT2D eigenvalue weighted by atomic mass is 19.1. The number of hydrogen-bond acceptors (Lipinski definition) is 3. The van der Waals surface area contributed by atoms with Crippen molar-refractivity contribution in [3.63, 3.8) is 0 Å². The van der Waals surface area contributed by atoms with Crippen LogP contribution in [0.3, 0.4) is 0 Å². The van der Waals surface area contributed by atoms with E-state index in [1.54, 1.807) is 27.7 Å². The molecule has 0 radical (unpaired) electrons. The fourth-order valence-electron chi connectivity index (χ4n) is 1.18. The van der Waals surface area contributed by atoms with Gasteiger partial charge in [-0.15, -0.1) is 6.58 Å². The third kappa shape index (κ3) is 2.78. The summed E-state index contributed by atoms with van der Waals surface area (Å²) in [6.45, 7) is 9.90. The molecule has 2 atom stereocenters. The molecule has 4 heteroatoms. The van der Waals surface area contributed by atoms with Crippen molar-refractivity contribution in [2.45, 2.75) is 39.5 Å². The Bertz CT molecular complexity index is 245. The second-order valence-electron chi connectivity index (χ2n) is 4.39. The van der Waals surface area contributed by atoms with E-state index >= 15 is 0 Å². The van der Waals surface area contributed by atoms with E-state index in [1.165, 1.54) is 0 Å². The highest BCUT2D eigenvalue weighted by Gasteiger charge is 2.49. The standard InChI is InChI=1S/C11H19FO3/c1-6-11(14,10(3,4)5)8(12)9(13)15-7-2/h6,8,14H,1,7H2,2-5H3. The first-order chi connectivity index (χ1) is 6.70. The molecule has 3 nitrogen and oxygen atoms in total. The van der Waals surface area contributed by atoms with Crippen molar-refractivity contribution >= 4 is 5.97 Å². The third-order valence-electron chi connectivity index (χ3n) is 2.39. The Hall–Kier alpha value is -0.900. The fourth-order valence-corrected chi connectivity index (χ4v) is 1.18. The normalized spacial score (nSPS) is 17.7. The lowest BCUT2D eigenvalue weighted by Gasteiger charge is -2.38. The number of ether oxygens (including phenoxy) is 1. The maximum atomic E-state index is 13.7. The maximum Gasteiger partial charge on any atom is 0.344 e. The Morgan fingerprint density at radius 3 is 2.33 bits per heavy atom. The SMILES string of the molecule is C=CC(O)(C(F)C(=O)OCC)C(C)(C)C. The molecule has 15 heavy (non-hydrogen) atoms. The molecular weight excluding hydrogens is 199 g/mol. The minimum atomic E-state index is -2.12. The van der Waals surface area contributed by atoms with Gasteiger partial charge in [0, 0.05) is 0 Å². The predicted molar refractivity (Wildman–Crippen MR) is 56.1 cm³/mol. The Kier molecular flexibility index (Phi) is 4.46. The summed E-state index contributed by atoms with van der Waals surface area (Å²) in [7, 11) is 0. The van der Waals surface area contributed by atoms with Crippen molar-refractivity contribution in [1.82, 2.24) is 0 Å². The van der Waals surface area contributed by atoms with Crippen LogP contribution in [0.2, 0.25) is 0 Å². The molecule has 0 bridgehead atoms. The van der Waals surface area contributed by atoms with Gasteiger partial charge in [-0.05, 0) is 12.3 Å². The lowest BCUT2D eigenvalue weighted by Crippen LogP contribution is -2.52. The van der Waals surface area contributed by atoms with E-state index in [0.717, 1.165) is 6.08 Å². The van der Waals surface area contributed by atoms with Crippen LogP contribution in [-0.2, 0) is 9.53 Å². The maximum absolute atomic E-state index is 13.7. The zero-order valence-corrected chi connectivity index (χ0v) is 9.71. The van der Waals surface area contributed by atoms with E-state index in [4.69, 9.17) is 0 Å². The average molecular weight is 218 g/mol. The molecular formula is C11H19FO3. The first kappa shape index (κ1) is 14.1. The second kappa shape index (κ2) is 4.75. The topological polar surface area (TPSA) is 46.5 Å². The second-order valence-corrected chi connectivity index (χ2v) is 4.39. The van der Waals surface area contributed by atoms with Gasteiger partial charge >= 0.3 is 5.97 Å². The van der Waals surface area contributed by atoms with Crippen LogP contribution in [-0.4, -0.2) is 29.5 Å². The van der Waals surface area contributed by atoms with Crippen LogP contribution >= 0.6 is 0 Å². The minimum Gasteiger partial charge on any atom is -0.464 e. The third-order valence-corrected chi connectivity index (χ3v) is 2.39. The van der Waals surface area contributed by atoms with Crippen molar-refractivity contribution < 1.29 is 19.0 Å². The largest absolute Gasteiger partial charge is 0.464 e. The average Bonchev–Trinajstić information content (AvgIpc) is 2.14. The van der Waals surface area contributed by atoms with Crippen molar-refractivity contribution in [3.8, 4) is 0 Å². The predicted octanol–water partition coefficient (Wildman–Crippen LogP) is 1.85. The van der Waals surface area contributed by atoms with E-state index in [2.05, 4.69) is 11.3 Å². The summed E-state index contributed by atoms with van der Waals surface area (Å²) in [4.78, 5) is 11.2. The van der Waals surface area contributed by atoms with Gasteiger partial charge in [0.15, 0.2) is 0 Å². The molecule has 0 aromatic rings. The quantitative estimate of drug-likeness (QED) is 0.578. The number of esters is 1. The number of carbonyl (C=O) groups excluding carboxylic acids is 1. The summed E-state index contributed by atoms with van der Waals surface area (Å²) in [5.74, 6) is -1.06. The fraction of sp³-hybridized carbons (Fsp3) is 0.727. The van der Waals surface area contributed by atoms with Crippen LogP contribution < -0.4 is 0 Å². The van der Waals surface area contributed by atoms with Crippen LogP contribution in [0.4, 0.5) is 4.39 Å². The summed E-state index contributed by atoms with van der Waals surface area (Å²) >= 11 is 0. The molecule has 0 saturated carbocycles. The molecule has 0 aliphatic carbocycles. The minimum absolute atomic E-state index is 0.0800. The zero-order valence-electron chi connectivity index (χ0n) is 9.71. The van der Waals surface area contributed by atoms with Crippen LogP contribution in [0.25, 0.3) is 0 Å². The molecule has 0 aromatic heterocycles. The molecule has 1 N–H and O–H groups in total. The Morgan fingerprint density at radius 2 is 2.07 bits per heavy atom. The number of carbonyl (C=O) groups is 1. The monoisotopic (exact) mass is 218 g/mol. The first-order valence-corrected chi connectivity index (χ1v) is 4.87. The summed E-state index contributed by atoms with van der Waals surface area (Å²) in [6, 6.07) is 0. The number of hydrogen-bond donors (Lipinski definition) is 1.